The molecule has 2 aromatic carbocycles. The van der Waals surface area contributed by atoms with Gasteiger partial charge in [-0.15, -0.1) is 11.3 Å². The van der Waals surface area contributed by atoms with Gasteiger partial charge in [0.15, 0.2) is 5.82 Å². The van der Waals surface area contributed by atoms with Gasteiger partial charge in [0.25, 0.3) is 5.91 Å². The maximum absolute atomic E-state index is 12.4. The van der Waals surface area contributed by atoms with Crippen molar-refractivity contribution in [3.8, 4) is 11.5 Å². The van der Waals surface area contributed by atoms with Crippen LogP contribution in [0.1, 0.15) is 15.2 Å². The van der Waals surface area contributed by atoms with Crippen LogP contribution in [0.15, 0.2) is 53.9 Å². The van der Waals surface area contributed by atoms with E-state index in [2.05, 4.69) is 15.5 Å². The Balaban J connectivity index is 1.52. The summed E-state index contributed by atoms with van der Waals surface area (Å²) in [6.07, 6.45) is 0. The van der Waals surface area contributed by atoms with Gasteiger partial charge in [-0.05, 0) is 47.3 Å². The van der Waals surface area contributed by atoms with Crippen molar-refractivity contribution in [1.29, 1.82) is 0 Å². The Kier molecular flexibility index (Phi) is 5.18. The van der Waals surface area contributed by atoms with Crippen LogP contribution in [0.3, 0.4) is 0 Å². The Morgan fingerprint density at radius 1 is 1.21 bits per heavy atom. The van der Waals surface area contributed by atoms with E-state index in [4.69, 9.17) is 21.1 Å². The lowest BCUT2D eigenvalue weighted by Crippen LogP contribution is -2.11. The highest BCUT2D eigenvalue weighted by molar-refractivity contribution is 7.12. The van der Waals surface area contributed by atoms with E-state index in [-0.39, 0.29) is 5.91 Å². The van der Waals surface area contributed by atoms with Gasteiger partial charge < -0.3 is 14.8 Å². The number of fused-ring (bicyclic) bond motifs is 1. The number of anilines is 1. The molecule has 0 aliphatic rings. The maximum atomic E-state index is 12.4. The molecule has 4 aromatic rings. The van der Waals surface area contributed by atoms with Crippen molar-refractivity contribution >= 4 is 45.6 Å². The summed E-state index contributed by atoms with van der Waals surface area (Å²) >= 11 is 7.31. The highest BCUT2D eigenvalue weighted by Crippen LogP contribution is 2.28. The van der Waals surface area contributed by atoms with Gasteiger partial charge in [0.05, 0.1) is 17.6 Å². The molecule has 142 valence electrons. The number of benzene rings is 2. The lowest BCUT2D eigenvalue weighted by Gasteiger charge is -2.08. The van der Waals surface area contributed by atoms with Crippen molar-refractivity contribution in [2.24, 2.45) is 0 Å². The third kappa shape index (κ3) is 3.81. The Bertz CT molecular complexity index is 1140. The third-order valence-corrected chi connectivity index (χ3v) is 5.47. The normalized spacial score (nSPS) is 10.8. The number of methoxy groups -OCH3 is 1. The Hall–Kier alpha value is -3.03. The molecule has 0 saturated carbocycles. The molecule has 0 aliphatic carbocycles. The minimum Gasteiger partial charge on any atom is -0.497 e. The number of carbonyl (C=O) groups is 1. The van der Waals surface area contributed by atoms with Crippen molar-refractivity contribution in [1.82, 2.24) is 10.2 Å². The quantitative estimate of drug-likeness (QED) is 0.460. The van der Waals surface area contributed by atoms with Crippen molar-refractivity contribution in [2.75, 3.05) is 12.4 Å². The zero-order valence-corrected chi connectivity index (χ0v) is 16.4. The number of rotatable bonds is 6. The smallest absolute Gasteiger partial charge is 0.268 e. The third-order valence-electron chi connectivity index (χ3n) is 4.13. The van der Waals surface area contributed by atoms with Crippen molar-refractivity contribution in [3.63, 3.8) is 0 Å². The molecule has 2 heterocycles. The number of thiophene rings is 1. The van der Waals surface area contributed by atoms with Crippen molar-refractivity contribution < 1.29 is 14.3 Å². The van der Waals surface area contributed by atoms with E-state index in [0.717, 1.165) is 22.2 Å². The SMILES string of the molecule is COc1cccc(COc2ccc3[nH]nc(NC(=O)c4sccc4Cl)c3c2)c1. The van der Waals surface area contributed by atoms with E-state index in [1.54, 1.807) is 18.6 Å². The van der Waals surface area contributed by atoms with Gasteiger partial charge in [-0.25, -0.2) is 0 Å². The molecule has 2 N–H and O–H groups in total. The minimum atomic E-state index is -0.295. The number of ether oxygens (including phenoxy) is 2. The lowest BCUT2D eigenvalue weighted by atomic mass is 10.2. The predicted molar refractivity (Wildman–Crippen MR) is 111 cm³/mol. The van der Waals surface area contributed by atoms with E-state index >= 15 is 0 Å². The van der Waals surface area contributed by atoms with Gasteiger partial charge in [0.2, 0.25) is 0 Å². The molecule has 4 rings (SSSR count). The van der Waals surface area contributed by atoms with Crippen LogP contribution >= 0.6 is 22.9 Å². The second-order valence-corrected chi connectivity index (χ2v) is 7.29. The molecule has 0 unspecified atom stereocenters. The molecular weight excluding hydrogens is 398 g/mol. The second-order valence-electron chi connectivity index (χ2n) is 5.97. The summed E-state index contributed by atoms with van der Waals surface area (Å²) in [7, 11) is 1.63. The fourth-order valence-electron chi connectivity index (χ4n) is 2.73. The van der Waals surface area contributed by atoms with Gasteiger partial charge in [0, 0.05) is 5.39 Å². The van der Waals surface area contributed by atoms with Gasteiger partial charge in [-0.2, -0.15) is 5.10 Å². The first-order chi connectivity index (χ1) is 13.6. The molecule has 8 heteroatoms. The van der Waals surface area contributed by atoms with Crippen LogP contribution in [0, 0.1) is 0 Å². The fraction of sp³-hybridized carbons (Fsp3) is 0.100. The monoisotopic (exact) mass is 413 g/mol. The molecule has 0 aliphatic heterocycles. The predicted octanol–water partition coefficient (Wildman–Crippen LogP) is 5.12. The molecular formula is C20H16ClN3O3S. The zero-order chi connectivity index (χ0) is 19.5. The molecule has 1 amide bonds. The average molecular weight is 414 g/mol. The first-order valence-corrected chi connectivity index (χ1v) is 9.68. The largest absolute Gasteiger partial charge is 0.497 e. The first-order valence-electron chi connectivity index (χ1n) is 8.42. The van der Waals surface area contributed by atoms with Crippen molar-refractivity contribution in [2.45, 2.75) is 6.61 Å². The van der Waals surface area contributed by atoms with E-state index < -0.39 is 0 Å². The highest BCUT2D eigenvalue weighted by Gasteiger charge is 2.15. The van der Waals surface area contributed by atoms with Crippen LogP contribution in [0.4, 0.5) is 5.82 Å². The van der Waals surface area contributed by atoms with Crippen molar-refractivity contribution in [3.05, 3.63) is 69.4 Å². The van der Waals surface area contributed by atoms with Crippen LogP contribution < -0.4 is 14.8 Å². The van der Waals surface area contributed by atoms with Crippen LogP contribution in [-0.2, 0) is 6.61 Å². The molecule has 0 spiro atoms. The molecule has 0 saturated heterocycles. The van der Waals surface area contributed by atoms with Gasteiger partial charge in [-0.3, -0.25) is 9.89 Å². The highest BCUT2D eigenvalue weighted by atomic mass is 35.5. The lowest BCUT2D eigenvalue weighted by molar-refractivity contribution is 0.103. The number of hydrogen-bond acceptors (Lipinski definition) is 5. The number of H-pyrrole nitrogens is 1. The Labute approximate surface area is 170 Å². The second kappa shape index (κ2) is 7.92. The molecule has 28 heavy (non-hydrogen) atoms. The topological polar surface area (TPSA) is 76.2 Å². The zero-order valence-electron chi connectivity index (χ0n) is 14.9. The van der Waals surface area contributed by atoms with Crippen LogP contribution in [0.2, 0.25) is 5.02 Å². The molecule has 0 radical (unpaired) electrons. The molecule has 0 fully saturated rings. The molecule has 0 atom stereocenters. The standard InChI is InChI=1S/C20H16ClN3O3S/c1-26-13-4-2-3-12(9-13)11-27-14-5-6-17-15(10-14)19(24-23-17)22-20(25)18-16(21)7-8-28-18/h2-10H,11H2,1H3,(H2,22,23,24,25). The van der Waals surface area contributed by atoms with E-state index in [1.807, 2.05) is 42.5 Å². The molecule has 2 aromatic heterocycles. The number of carbonyl (C=O) groups excluding carboxylic acids is 1. The van der Waals surface area contributed by atoms with Gasteiger partial charge >= 0.3 is 0 Å². The van der Waals surface area contributed by atoms with E-state index in [0.29, 0.717) is 28.1 Å². The van der Waals surface area contributed by atoms with Crippen LogP contribution in [-0.4, -0.2) is 23.2 Å². The minimum absolute atomic E-state index is 0.295. The summed E-state index contributed by atoms with van der Waals surface area (Å²) in [6.45, 7) is 0.396. The summed E-state index contributed by atoms with van der Waals surface area (Å²) < 4.78 is 11.1. The Morgan fingerprint density at radius 2 is 2.11 bits per heavy atom. The Morgan fingerprint density at radius 3 is 2.89 bits per heavy atom. The van der Waals surface area contributed by atoms with E-state index in [1.165, 1.54) is 11.3 Å². The molecule has 0 bridgehead atoms. The number of aromatic amines is 1. The summed E-state index contributed by atoms with van der Waals surface area (Å²) in [6, 6.07) is 14.9. The summed E-state index contributed by atoms with van der Waals surface area (Å²) in [5.74, 6) is 1.58. The van der Waals surface area contributed by atoms with Crippen LogP contribution in [0.5, 0.6) is 11.5 Å². The number of halogens is 1. The maximum Gasteiger partial charge on any atom is 0.268 e. The number of nitrogens with zero attached hydrogens (tertiary/aromatic N) is 1. The summed E-state index contributed by atoms with van der Waals surface area (Å²) in [5.41, 5.74) is 1.79. The number of hydrogen-bond donors (Lipinski definition) is 2. The number of amides is 1. The summed E-state index contributed by atoms with van der Waals surface area (Å²) in [5, 5.41) is 12.8. The van der Waals surface area contributed by atoms with Crippen LogP contribution in [0.25, 0.3) is 10.9 Å². The number of aromatic nitrogens is 2. The van der Waals surface area contributed by atoms with Gasteiger partial charge in [-0.1, -0.05) is 23.7 Å². The first kappa shape index (κ1) is 18.3. The fourth-order valence-corrected chi connectivity index (χ4v) is 3.76. The average Bonchev–Trinajstić information content (AvgIpc) is 3.32. The molecule has 6 nitrogen and oxygen atoms in total. The number of nitrogens with one attached hydrogen (secondary N) is 2. The van der Waals surface area contributed by atoms with E-state index in [9.17, 15) is 4.79 Å². The summed E-state index contributed by atoms with van der Waals surface area (Å²) in [4.78, 5) is 12.9. The van der Waals surface area contributed by atoms with Gasteiger partial charge in [0.1, 0.15) is 23.0 Å².